The first kappa shape index (κ1) is 30.6. The fraction of sp³-hybridized carbons (Fsp3) is 0.0556. The van der Waals surface area contributed by atoms with Crippen molar-refractivity contribution in [1.29, 1.82) is 0 Å². The van der Waals surface area contributed by atoms with Crippen LogP contribution >= 0.6 is 23.1 Å². The van der Waals surface area contributed by atoms with Gasteiger partial charge in [0, 0.05) is 32.3 Å². The highest BCUT2D eigenvalue weighted by Crippen LogP contribution is 2.28. The Morgan fingerprint density at radius 3 is 2.22 bits per heavy atom. The molecule has 2 heterocycles. The quantitative estimate of drug-likeness (QED) is 0.103. The second kappa shape index (κ2) is 14.1. The number of anilines is 2. The molecule has 6 rings (SSSR count). The average molecular weight is 645 g/mol. The highest BCUT2D eigenvalue weighted by molar-refractivity contribution is 8.00. The van der Waals surface area contributed by atoms with E-state index < -0.39 is 5.91 Å². The summed E-state index contributed by atoms with van der Waals surface area (Å²) in [6.45, 7) is 1.83. The molecule has 46 heavy (non-hydrogen) atoms. The minimum absolute atomic E-state index is 0.127. The van der Waals surface area contributed by atoms with Crippen LogP contribution in [0.3, 0.4) is 0 Å². The molecule has 0 fully saturated rings. The number of hydrogen-bond acceptors (Lipinski definition) is 7. The zero-order valence-electron chi connectivity index (χ0n) is 24.6. The molecule has 6 aromatic rings. The average Bonchev–Trinajstić information content (AvgIpc) is 3.76. The van der Waals surface area contributed by atoms with Gasteiger partial charge in [-0.1, -0.05) is 36.4 Å². The zero-order valence-corrected chi connectivity index (χ0v) is 26.2. The minimum atomic E-state index is -0.451. The topological polar surface area (TPSA) is 113 Å². The summed E-state index contributed by atoms with van der Waals surface area (Å²) in [5.41, 5.74) is 4.12. The highest BCUT2D eigenvalue weighted by atomic mass is 32.2. The van der Waals surface area contributed by atoms with E-state index in [0.29, 0.717) is 22.8 Å². The summed E-state index contributed by atoms with van der Waals surface area (Å²) in [7, 11) is 0. The van der Waals surface area contributed by atoms with E-state index in [1.807, 2.05) is 91.2 Å². The second-order valence-electron chi connectivity index (χ2n) is 10.2. The van der Waals surface area contributed by atoms with Crippen LogP contribution in [0.15, 0.2) is 136 Å². The number of oxazole rings is 1. The standard InChI is InChI=1S/C36H28N4O4S2/c1-23(33(41)37-26-15-13-25(14-16-26)36-40-30-11-5-6-12-32(30)44-36)46-28-19-17-27(18-20-28)38-35(43)31(22-29-10-7-21-45-29)39-34(42)24-8-3-2-4-9-24/h2-23H,1H3,(H,37,41)(H,38,43)(H,39,42)/b31-22-. The summed E-state index contributed by atoms with van der Waals surface area (Å²) in [6, 6.07) is 34.6. The predicted octanol–water partition coefficient (Wildman–Crippen LogP) is 8.09. The fourth-order valence-corrected chi connectivity index (χ4v) is 5.99. The van der Waals surface area contributed by atoms with Crippen LogP contribution in [0.5, 0.6) is 0 Å². The van der Waals surface area contributed by atoms with Crippen LogP contribution in [0.1, 0.15) is 22.2 Å². The third-order valence-corrected chi connectivity index (χ3v) is 8.78. The van der Waals surface area contributed by atoms with E-state index in [1.165, 1.54) is 23.1 Å². The number of benzene rings is 4. The molecule has 1 unspecified atom stereocenters. The maximum atomic E-state index is 13.2. The Hall–Kier alpha value is -5.45. The van der Waals surface area contributed by atoms with Gasteiger partial charge in [0.2, 0.25) is 11.8 Å². The van der Waals surface area contributed by atoms with Crippen molar-refractivity contribution in [3.63, 3.8) is 0 Å². The molecule has 0 saturated heterocycles. The number of thioether (sulfide) groups is 1. The van der Waals surface area contributed by atoms with Crippen LogP contribution in [0.2, 0.25) is 0 Å². The number of amides is 3. The van der Waals surface area contributed by atoms with Crippen molar-refractivity contribution < 1.29 is 18.8 Å². The number of hydrogen-bond donors (Lipinski definition) is 3. The van der Waals surface area contributed by atoms with Crippen molar-refractivity contribution in [2.45, 2.75) is 17.1 Å². The molecule has 3 amide bonds. The summed E-state index contributed by atoms with van der Waals surface area (Å²) in [4.78, 5) is 45.2. The molecule has 0 aliphatic heterocycles. The smallest absolute Gasteiger partial charge is 0.272 e. The third kappa shape index (κ3) is 7.60. The van der Waals surface area contributed by atoms with Crippen molar-refractivity contribution in [3.05, 3.63) is 137 Å². The van der Waals surface area contributed by atoms with E-state index in [2.05, 4.69) is 20.9 Å². The van der Waals surface area contributed by atoms with Crippen LogP contribution in [0.25, 0.3) is 28.6 Å². The van der Waals surface area contributed by atoms with Gasteiger partial charge in [0.05, 0.1) is 5.25 Å². The van der Waals surface area contributed by atoms with E-state index in [0.717, 1.165) is 26.4 Å². The van der Waals surface area contributed by atoms with Crippen LogP contribution in [0, 0.1) is 0 Å². The van der Waals surface area contributed by atoms with Crippen molar-refractivity contribution in [2.75, 3.05) is 10.6 Å². The Balaban J connectivity index is 1.05. The Labute approximate surface area is 273 Å². The van der Waals surface area contributed by atoms with Crippen molar-refractivity contribution in [1.82, 2.24) is 10.3 Å². The summed E-state index contributed by atoms with van der Waals surface area (Å²) >= 11 is 2.86. The van der Waals surface area contributed by atoms with E-state index in [4.69, 9.17) is 4.42 Å². The summed E-state index contributed by atoms with van der Waals surface area (Å²) in [6.07, 6.45) is 1.65. The van der Waals surface area contributed by atoms with Gasteiger partial charge in [0.1, 0.15) is 11.2 Å². The summed E-state index contributed by atoms with van der Waals surface area (Å²) in [5.74, 6) is -0.450. The molecule has 0 aliphatic rings. The van der Waals surface area contributed by atoms with E-state index in [9.17, 15) is 14.4 Å². The van der Waals surface area contributed by atoms with Gasteiger partial charge >= 0.3 is 0 Å². The molecule has 3 N–H and O–H groups in total. The molecule has 10 heteroatoms. The largest absolute Gasteiger partial charge is 0.436 e. The molecule has 0 bridgehead atoms. The van der Waals surface area contributed by atoms with Crippen molar-refractivity contribution in [2.24, 2.45) is 0 Å². The molecule has 0 saturated carbocycles. The van der Waals surface area contributed by atoms with E-state index in [1.54, 1.807) is 42.5 Å². The molecule has 4 aromatic carbocycles. The molecular weight excluding hydrogens is 617 g/mol. The number of carbonyl (C=O) groups is 3. The number of fused-ring (bicyclic) bond motifs is 1. The first-order valence-corrected chi connectivity index (χ1v) is 16.1. The number of rotatable bonds is 10. The lowest BCUT2D eigenvalue weighted by Gasteiger charge is -2.13. The molecule has 0 radical (unpaired) electrons. The first-order valence-electron chi connectivity index (χ1n) is 14.4. The Morgan fingerprint density at radius 2 is 1.50 bits per heavy atom. The number of nitrogens with one attached hydrogen (secondary N) is 3. The van der Waals surface area contributed by atoms with Gasteiger partial charge in [-0.2, -0.15) is 0 Å². The summed E-state index contributed by atoms with van der Waals surface area (Å²) < 4.78 is 5.83. The van der Waals surface area contributed by atoms with Crippen LogP contribution < -0.4 is 16.0 Å². The van der Waals surface area contributed by atoms with Gasteiger partial charge < -0.3 is 20.4 Å². The lowest BCUT2D eigenvalue weighted by atomic mass is 10.2. The SMILES string of the molecule is CC(Sc1ccc(NC(=O)/C(=C/c2cccs2)NC(=O)c2ccccc2)cc1)C(=O)Nc1ccc(-c2nc3ccccc3o2)cc1. The van der Waals surface area contributed by atoms with E-state index in [-0.39, 0.29) is 22.8 Å². The lowest BCUT2D eigenvalue weighted by molar-refractivity contribution is -0.115. The highest BCUT2D eigenvalue weighted by Gasteiger charge is 2.17. The van der Waals surface area contributed by atoms with Gasteiger partial charge in [0.15, 0.2) is 5.58 Å². The maximum absolute atomic E-state index is 13.2. The third-order valence-electron chi connectivity index (χ3n) is 6.85. The fourth-order valence-electron chi connectivity index (χ4n) is 4.47. The molecule has 1 atom stereocenters. The molecule has 8 nitrogen and oxygen atoms in total. The van der Waals surface area contributed by atoms with Crippen molar-refractivity contribution >= 4 is 69.4 Å². The van der Waals surface area contributed by atoms with Crippen LogP contribution in [0.4, 0.5) is 11.4 Å². The van der Waals surface area contributed by atoms with Gasteiger partial charge in [-0.15, -0.1) is 23.1 Å². The van der Waals surface area contributed by atoms with Gasteiger partial charge in [0.25, 0.3) is 11.8 Å². The maximum Gasteiger partial charge on any atom is 0.272 e. The molecule has 228 valence electrons. The summed E-state index contributed by atoms with van der Waals surface area (Å²) in [5, 5.41) is 10.1. The second-order valence-corrected chi connectivity index (χ2v) is 12.6. The Kier molecular flexibility index (Phi) is 9.37. The monoisotopic (exact) mass is 644 g/mol. The Bertz CT molecular complexity index is 1970. The zero-order chi connectivity index (χ0) is 31.9. The van der Waals surface area contributed by atoms with E-state index >= 15 is 0 Å². The molecule has 0 aliphatic carbocycles. The molecular formula is C36H28N4O4S2. The normalized spacial score (nSPS) is 12.0. The molecule has 2 aromatic heterocycles. The number of nitrogens with zero attached hydrogens (tertiary/aromatic N) is 1. The van der Waals surface area contributed by atoms with Gasteiger partial charge in [-0.05, 0) is 97.2 Å². The van der Waals surface area contributed by atoms with Gasteiger partial charge in [-0.3, -0.25) is 14.4 Å². The van der Waals surface area contributed by atoms with Crippen LogP contribution in [-0.2, 0) is 9.59 Å². The number of carbonyl (C=O) groups excluding carboxylic acids is 3. The Morgan fingerprint density at radius 1 is 0.804 bits per heavy atom. The predicted molar refractivity (Wildman–Crippen MR) is 185 cm³/mol. The lowest BCUT2D eigenvalue weighted by Crippen LogP contribution is -2.30. The first-order chi connectivity index (χ1) is 22.4. The van der Waals surface area contributed by atoms with Gasteiger partial charge in [-0.25, -0.2) is 4.98 Å². The number of thiophene rings is 1. The van der Waals surface area contributed by atoms with Crippen LogP contribution in [-0.4, -0.2) is 28.0 Å². The minimum Gasteiger partial charge on any atom is -0.436 e. The number of aromatic nitrogens is 1. The molecule has 0 spiro atoms. The van der Waals surface area contributed by atoms with Crippen molar-refractivity contribution in [3.8, 4) is 11.5 Å². The number of para-hydroxylation sites is 2.